The Labute approximate surface area is 222 Å². The van der Waals surface area contributed by atoms with Crippen molar-refractivity contribution in [2.24, 2.45) is 0 Å². The minimum atomic E-state index is -0.204. The van der Waals surface area contributed by atoms with E-state index in [9.17, 15) is 4.79 Å². The van der Waals surface area contributed by atoms with Gasteiger partial charge in [-0.05, 0) is 73.9 Å². The summed E-state index contributed by atoms with van der Waals surface area (Å²) in [6.45, 7) is 6.85. The van der Waals surface area contributed by atoms with E-state index in [0.29, 0.717) is 23.4 Å². The van der Waals surface area contributed by atoms with Crippen molar-refractivity contribution in [1.82, 2.24) is 19.9 Å². The third kappa shape index (κ3) is 5.21. The number of aromatic nitrogens is 3. The van der Waals surface area contributed by atoms with Gasteiger partial charge in [-0.2, -0.15) is 0 Å². The second kappa shape index (κ2) is 10.6. The van der Waals surface area contributed by atoms with Crippen LogP contribution in [0.15, 0.2) is 79.1 Å². The Bertz CT molecular complexity index is 1420. The monoisotopic (exact) mass is 505 g/mol. The molecule has 3 aliphatic heterocycles. The zero-order chi connectivity index (χ0) is 25.9. The number of hydrogen-bond donors (Lipinski definition) is 2. The van der Waals surface area contributed by atoms with Gasteiger partial charge in [0.15, 0.2) is 0 Å². The second-order valence-electron chi connectivity index (χ2n) is 9.90. The van der Waals surface area contributed by atoms with Crippen molar-refractivity contribution in [2.75, 3.05) is 41.7 Å². The maximum Gasteiger partial charge on any atom is 0.256 e. The predicted octanol–water partition coefficient (Wildman–Crippen LogP) is 5.13. The lowest BCUT2D eigenvalue weighted by molar-refractivity contribution is 0.102. The molecule has 8 nitrogen and oxygen atoms in total. The van der Waals surface area contributed by atoms with Crippen LogP contribution in [0.1, 0.15) is 28.8 Å². The number of amides is 1. The first-order valence-electron chi connectivity index (χ1n) is 13.1. The normalized spacial score (nSPS) is 18.6. The fourth-order valence-electron chi connectivity index (χ4n) is 5.39. The van der Waals surface area contributed by atoms with Crippen molar-refractivity contribution in [3.8, 4) is 11.3 Å². The maximum atomic E-state index is 12.5. The smallest absolute Gasteiger partial charge is 0.256 e. The van der Waals surface area contributed by atoms with E-state index in [0.717, 1.165) is 30.0 Å². The van der Waals surface area contributed by atoms with Crippen molar-refractivity contribution in [1.29, 1.82) is 0 Å². The SMILES string of the molecule is Cc1cc(Nc2nccc(-c3ccc(C(=O)Nc4ccccn4)cc3)n2)ccc1N1CCN2CCC1CC2. The molecule has 5 heterocycles. The molecule has 3 aliphatic rings. The summed E-state index contributed by atoms with van der Waals surface area (Å²) in [6, 6.07) is 21.8. The lowest BCUT2D eigenvalue weighted by Crippen LogP contribution is -2.38. The topological polar surface area (TPSA) is 86.3 Å². The first kappa shape index (κ1) is 24.1. The maximum absolute atomic E-state index is 12.5. The Balaban J connectivity index is 1.14. The zero-order valence-electron chi connectivity index (χ0n) is 21.5. The molecule has 2 aromatic carbocycles. The number of benzene rings is 2. The van der Waals surface area contributed by atoms with Crippen molar-refractivity contribution in [3.05, 3.63) is 90.3 Å². The van der Waals surface area contributed by atoms with Crippen LogP contribution < -0.4 is 15.5 Å². The predicted molar refractivity (Wildman–Crippen MR) is 151 cm³/mol. The molecule has 2 bridgehead atoms. The molecule has 0 saturated carbocycles. The number of pyridine rings is 1. The van der Waals surface area contributed by atoms with Crippen LogP contribution in [0.4, 0.5) is 23.1 Å². The van der Waals surface area contributed by atoms with Gasteiger partial charge in [0.1, 0.15) is 5.82 Å². The number of piperidine rings is 1. The molecule has 3 saturated heterocycles. The van der Waals surface area contributed by atoms with Gasteiger partial charge >= 0.3 is 0 Å². The van der Waals surface area contributed by atoms with Gasteiger partial charge in [0.25, 0.3) is 5.91 Å². The Kier molecular flexibility index (Phi) is 6.71. The highest BCUT2D eigenvalue weighted by Gasteiger charge is 2.29. The van der Waals surface area contributed by atoms with E-state index in [4.69, 9.17) is 4.98 Å². The molecule has 7 rings (SSSR count). The minimum Gasteiger partial charge on any atom is -0.367 e. The van der Waals surface area contributed by atoms with E-state index in [2.05, 4.69) is 55.5 Å². The molecule has 1 amide bonds. The second-order valence-corrected chi connectivity index (χ2v) is 9.90. The number of nitrogens with zero attached hydrogens (tertiary/aromatic N) is 5. The molecule has 2 aromatic heterocycles. The molecular weight excluding hydrogens is 474 g/mol. The molecule has 192 valence electrons. The van der Waals surface area contributed by atoms with E-state index >= 15 is 0 Å². The minimum absolute atomic E-state index is 0.204. The van der Waals surface area contributed by atoms with Crippen LogP contribution in [0.2, 0.25) is 0 Å². The molecule has 0 aliphatic carbocycles. The highest BCUT2D eigenvalue weighted by Crippen LogP contribution is 2.31. The van der Waals surface area contributed by atoms with Crippen LogP contribution in [-0.4, -0.2) is 58.0 Å². The van der Waals surface area contributed by atoms with Gasteiger partial charge in [0.2, 0.25) is 5.95 Å². The first-order valence-corrected chi connectivity index (χ1v) is 13.1. The molecule has 0 atom stereocenters. The van der Waals surface area contributed by atoms with Crippen LogP contribution in [-0.2, 0) is 0 Å². The van der Waals surface area contributed by atoms with Gasteiger partial charge in [-0.3, -0.25) is 4.79 Å². The van der Waals surface area contributed by atoms with Gasteiger partial charge in [0, 0.05) is 67.1 Å². The quantitative estimate of drug-likeness (QED) is 0.376. The summed E-state index contributed by atoms with van der Waals surface area (Å²) < 4.78 is 0. The highest BCUT2D eigenvalue weighted by atomic mass is 16.1. The summed E-state index contributed by atoms with van der Waals surface area (Å²) in [6.07, 6.45) is 5.88. The Morgan fingerprint density at radius 1 is 0.895 bits per heavy atom. The molecule has 38 heavy (non-hydrogen) atoms. The molecule has 0 unspecified atom stereocenters. The van der Waals surface area contributed by atoms with Crippen molar-refractivity contribution >= 4 is 29.0 Å². The van der Waals surface area contributed by atoms with E-state index in [1.807, 2.05) is 30.3 Å². The van der Waals surface area contributed by atoms with E-state index in [-0.39, 0.29) is 5.91 Å². The third-order valence-electron chi connectivity index (χ3n) is 7.42. The highest BCUT2D eigenvalue weighted by molar-refractivity contribution is 6.03. The van der Waals surface area contributed by atoms with E-state index < -0.39 is 0 Å². The van der Waals surface area contributed by atoms with Crippen molar-refractivity contribution in [3.63, 3.8) is 0 Å². The summed E-state index contributed by atoms with van der Waals surface area (Å²) in [5.74, 6) is 0.852. The standard InChI is InChI=1S/C30H31N7O/c1-21-20-24(9-10-27(21)37-19-18-36-16-12-25(37)13-17-36)33-30-32-15-11-26(34-30)22-5-7-23(8-6-22)29(38)35-28-4-2-3-14-31-28/h2-11,14-15,20,25H,12-13,16-19H2,1H3,(H,31,35,38)(H,32,33,34). The lowest BCUT2D eigenvalue weighted by Gasteiger charge is -2.34. The first-order chi connectivity index (χ1) is 18.6. The molecule has 8 heteroatoms. The average molecular weight is 506 g/mol. The summed E-state index contributed by atoms with van der Waals surface area (Å²) in [4.78, 5) is 31.0. The number of carbonyl (C=O) groups is 1. The summed E-state index contributed by atoms with van der Waals surface area (Å²) in [5, 5.41) is 6.17. The third-order valence-corrected chi connectivity index (χ3v) is 7.42. The van der Waals surface area contributed by atoms with Crippen LogP contribution in [0.25, 0.3) is 11.3 Å². The Morgan fingerprint density at radius 3 is 2.50 bits per heavy atom. The van der Waals surface area contributed by atoms with Crippen LogP contribution in [0, 0.1) is 6.92 Å². The lowest BCUT2D eigenvalue weighted by atomic mass is 10.0. The average Bonchev–Trinajstić information content (AvgIpc) is 3.28. The Morgan fingerprint density at radius 2 is 1.74 bits per heavy atom. The van der Waals surface area contributed by atoms with Crippen molar-refractivity contribution < 1.29 is 4.79 Å². The largest absolute Gasteiger partial charge is 0.367 e. The van der Waals surface area contributed by atoms with Gasteiger partial charge in [-0.25, -0.2) is 15.0 Å². The molecule has 0 radical (unpaired) electrons. The Hall–Kier alpha value is -4.30. The van der Waals surface area contributed by atoms with E-state index in [1.54, 1.807) is 30.6 Å². The number of carbonyl (C=O) groups excluding carboxylic acids is 1. The van der Waals surface area contributed by atoms with Crippen molar-refractivity contribution in [2.45, 2.75) is 25.8 Å². The fourth-order valence-corrected chi connectivity index (χ4v) is 5.39. The molecule has 2 N–H and O–H groups in total. The number of rotatable bonds is 6. The fraction of sp³-hybridized carbons (Fsp3) is 0.267. The molecule has 3 fully saturated rings. The molecule has 4 aromatic rings. The number of nitrogens with one attached hydrogen (secondary N) is 2. The van der Waals surface area contributed by atoms with Gasteiger partial charge in [0.05, 0.1) is 5.69 Å². The van der Waals surface area contributed by atoms with Crippen LogP contribution in [0.3, 0.4) is 0 Å². The van der Waals surface area contributed by atoms with Gasteiger partial charge < -0.3 is 20.4 Å². The summed E-state index contributed by atoms with van der Waals surface area (Å²) in [5.41, 5.74) is 5.79. The number of anilines is 4. The summed E-state index contributed by atoms with van der Waals surface area (Å²) >= 11 is 0. The van der Waals surface area contributed by atoms with Gasteiger partial charge in [-0.15, -0.1) is 0 Å². The van der Waals surface area contributed by atoms with E-state index in [1.165, 1.54) is 37.2 Å². The molecular formula is C30H31N7O. The van der Waals surface area contributed by atoms with Crippen LogP contribution >= 0.6 is 0 Å². The van der Waals surface area contributed by atoms with Gasteiger partial charge in [-0.1, -0.05) is 18.2 Å². The summed E-state index contributed by atoms with van der Waals surface area (Å²) in [7, 11) is 0. The number of aryl methyl sites for hydroxylation is 1. The number of fused-ring (bicyclic) bond motifs is 4. The molecule has 0 spiro atoms. The number of hydrogen-bond acceptors (Lipinski definition) is 7. The van der Waals surface area contributed by atoms with Crippen LogP contribution in [0.5, 0.6) is 0 Å². The zero-order valence-corrected chi connectivity index (χ0v) is 21.5.